The van der Waals surface area contributed by atoms with Crippen molar-refractivity contribution in [3.8, 4) is 0 Å². The predicted octanol–water partition coefficient (Wildman–Crippen LogP) is 4.02. The SMILES string of the molecule is CC(=C(C)C(C)(C)C)C(C)C(O)C(C)C. The summed E-state index contributed by atoms with van der Waals surface area (Å²) in [6.07, 6.45) is -0.234. The summed E-state index contributed by atoms with van der Waals surface area (Å²) < 4.78 is 0. The van der Waals surface area contributed by atoms with Gasteiger partial charge in [0, 0.05) is 5.92 Å². The van der Waals surface area contributed by atoms with Gasteiger partial charge in [-0.25, -0.2) is 0 Å². The zero-order valence-corrected chi connectivity index (χ0v) is 11.7. The van der Waals surface area contributed by atoms with Gasteiger partial charge < -0.3 is 5.11 Å². The quantitative estimate of drug-likeness (QED) is 0.700. The van der Waals surface area contributed by atoms with E-state index in [0.717, 1.165) is 0 Å². The third-order valence-electron chi connectivity index (χ3n) is 3.59. The van der Waals surface area contributed by atoms with Gasteiger partial charge in [-0.2, -0.15) is 0 Å². The summed E-state index contributed by atoms with van der Waals surface area (Å²) in [5.74, 6) is 0.576. The molecule has 15 heavy (non-hydrogen) atoms. The maximum absolute atomic E-state index is 10.0. The second-order valence-electron chi connectivity index (χ2n) is 6.08. The average Bonchev–Trinajstić information content (AvgIpc) is 2.11. The maximum atomic E-state index is 10.0. The molecular formula is C14H28O. The summed E-state index contributed by atoms with van der Waals surface area (Å²) in [5.41, 5.74) is 2.94. The van der Waals surface area contributed by atoms with Gasteiger partial charge >= 0.3 is 0 Å². The Balaban J connectivity index is 4.92. The summed E-state index contributed by atoms with van der Waals surface area (Å²) in [6, 6.07) is 0. The van der Waals surface area contributed by atoms with Crippen molar-refractivity contribution in [1.82, 2.24) is 0 Å². The van der Waals surface area contributed by atoms with Crippen molar-refractivity contribution >= 4 is 0 Å². The zero-order valence-electron chi connectivity index (χ0n) is 11.7. The number of hydrogen-bond donors (Lipinski definition) is 1. The lowest BCUT2D eigenvalue weighted by Crippen LogP contribution is -2.26. The Morgan fingerprint density at radius 1 is 1.00 bits per heavy atom. The summed E-state index contributed by atoms with van der Waals surface area (Å²) in [5, 5.41) is 10.0. The molecule has 90 valence electrons. The number of aliphatic hydroxyl groups is 1. The molecule has 2 unspecified atom stereocenters. The van der Waals surface area contributed by atoms with Gasteiger partial charge in [0.15, 0.2) is 0 Å². The van der Waals surface area contributed by atoms with Crippen molar-refractivity contribution in [3.63, 3.8) is 0 Å². The molecule has 1 heteroatoms. The van der Waals surface area contributed by atoms with Crippen molar-refractivity contribution in [2.75, 3.05) is 0 Å². The van der Waals surface area contributed by atoms with Crippen molar-refractivity contribution in [1.29, 1.82) is 0 Å². The molecule has 0 saturated carbocycles. The first-order chi connectivity index (χ1) is 6.59. The molecule has 0 heterocycles. The van der Waals surface area contributed by atoms with Gasteiger partial charge in [-0.1, -0.05) is 52.7 Å². The van der Waals surface area contributed by atoms with E-state index in [2.05, 4.69) is 55.4 Å². The number of allylic oxidation sites excluding steroid dienone is 1. The van der Waals surface area contributed by atoms with Crippen LogP contribution in [0.25, 0.3) is 0 Å². The largest absolute Gasteiger partial charge is 0.392 e. The van der Waals surface area contributed by atoms with Crippen LogP contribution in [-0.4, -0.2) is 11.2 Å². The summed E-state index contributed by atoms with van der Waals surface area (Å²) in [7, 11) is 0. The van der Waals surface area contributed by atoms with Crippen molar-refractivity contribution in [3.05, 3.63) is 11.1 Å². The first-order valence-corrected chi connectivity index (χ1v) is 5.95. The van der Waals surface area contributed by atoms with Crippen molar-refractivity contribution in [2.45, 2.75) is 61.5 Å². The van der Waals surface area contributed by atoms with E-state index in [1.54, 1.807) is 0 Å². The Hall–Kier alpha value is -0.300. The Morgan fingerprint density at radius 3 is 1.67 bits per heavy atom. The summed E-state index contributed by atoms with van der Waals surface area (Å²) in [4.78, 5) is 0. The first kappa shape index (κ1) is 14.7. The topological polar surface area (TPSA) is 20.2 Å². The number of aliphatic hydroxyl groups excluding tert-OH is 1. The van der Waals surface area contributed by atoms with Crippen LogP contribution in [-0.2, 0) is 0 Å². The van der Waals surface area contributed by atoms with E-state index in [0.29, 0.717) is 5.92 Å². The van der Waals surface area contributed by atoms with E-state index in [-0.39, 0.29) is 17.4 Å². The van der Waals surface area contributed by atoms with Crippen LogP contribution in [0.2, 0.25) is 0 Å². The Bertz CT molecular complexity index is 230. The third-order valence-corrected chi connectivity index (χ3v) is 3.59. The van der Waals surface area contributed by atoms with E-state index in [1.807, 2.05) is 0 Å². The van der Waals surface area contributed by atoms with Crippen LogP contribution < -0.4 is 0 Å². The summed E-state index contributed by atoms with van der Waals surface area (Å²) in [6.45, 7) is 17.3. The van der Waals surface area contributed by atoms with E-state index < -0.39 is 0 Å². The second-order valence-corrected chi connectivity index (χ2v) is 6.08. The third kappa shape index (κ3) is 3.98. The highest BCUT2D eigenvalue weighted by Crippen LogP contribution is 2.32. The van der Waals surface area contributed by atoms with E-state index in [1.165, 1.54) is 11.1 Å². The van der Waals surface area contributed by atoms with Crippen LogP contribution in [0.3, 0.4) is 0 Å². The molecule has 0 aromatic heterocycles. The van der Waals surface area contributed by atoms with Crippen LogP contribution in [0.1, 0.15) is 55.4 Å². The minimum atomic E-state index is -0.234. The molecule has 0 rings (SSSR count). The maximum Gasteiger partial charge on any atom is 0.0625 e. The standard InChI is InChI=1S/C14H28O/c1-9(2)13(15)11(4)10(3)12(5)14(6,7)8/h9,11,13,15H,1-8H3. The Labute approximate surface area is 95.6 Å². The highest BCUT2D eigenvalue weighted by Gasteiger charge is 2.23. The highest BCUT2D eigenvalue weighted by molar-refractivity contribution is 5.19. The fourth-order valence-electron chi connectivity index (χ4n) is 1.77. The lowest BCUT2D eigenvalue weighted by Gasteiger charge is -2.29. The molecular weight excluding hydrogens is 184 g/mol. The Morgan fingerprint density at radius 2 is 1.40 bits per heavy atom. The van der Waals surface area contributed by atoms with Crippen LogP contribution >= 0.6 is 0 Å². The summed E-state index contributed by atoms with van der Waals surface area (Å²) >= 11 is 0. The van der Waals surface area contributed by atoms with Gasteiger partial charge in [0.1, 0.15) is 0 Å². The lowest BCUT2D eigenvalue weighted by molar-refractivity contribution is 0.0858. The molecule has 0 amide bonds. The fraction of sp³-hybridized carbons (Fsp3) is 0.857. The molecule has 2 atom stereocenters. The van der Waals surface area contributed by atoms with Crippen molar-refractivity contribution < 1.29 is 5.11 Å². The molecule has 1 nitrogen and oxygen atoms in total. The molecule has 0 aromatic carbocycles. The monoisotopic (exact) mass is 212 g/mol. The molecule has 0 bridgehead atoms. The molecule has 0 aliphatic rings. The Kier molecular flexibility index (Phi) is 5.05. The molecule has 0 aliphatic carbocycles. The zero-order chi connectivity index (χ0) is 12.4. The van der Waals surface area contributed by atoms with Crippen molar-refractivity contribution in [2.24, 2.45) is 17.3 Å². The molecule has 0 aliphatic heterocycles. The van der Waals surface area contributed by atoms with Crippen LogP contribution in [0, 0.1) is 17.3 Å². The van der Waals surface area contributed by atoms with Gasteiger partial charge in [-0.05, 0) is 25.2 Å². The van der Waals surface area contributed by atoms with E-state index in [4.69, 9.17) is 0 Å². The lowest BCUT2D eigenvalue weighted by atomic mass is 9.79. The molecule has 1 N–H and O–H groups in total. The van der Waals surface area contributed by atoms with Crippen LogP contribution in [0.5, 0.6) is 0 Å². The molecule has 0 aromatic rings. The predicted molar refractivity (Wildman–Crippen MR) is 67.8 cm³/mol. The van der Waals surface area contributed by atoms with Gasteiger partial charge in [0.2, 0.25) is 0 Å². The number of rotatable bonds is 3. The van der Waals surface area contributed by atoms with Crippen LogP contribution in [0.15, 0.2) is 11.1 Å². The molecule has 0 radical (unpaired) electrons. The van der Waals surface area contributed by atoms with E-state index in [9.17, 15) is 5.11 Å². The fourth-order valence-corrected chi connectivity index (χ4v) is 1.77. The smallest absolute Gasteiger partial charge is 0.0625 e. The van der Waals surface area contributed by atoms with Crippen LogP contribution in [0.4, 0.5) is 0 Å². The second kappa shape index (κ2) is 5.16. The number of hydrogen-bond acceptors (Lipinski definition) is 1. The van der Waals surface area contributed by atoms with Gasteiger partial charge in [0.05, 0.1) is 6.10 Å². The van der Waals surface area contributed by atoms with Gasteiger partial charge in [-0.3, -0.25) is 0 Å². The van der Waals surface area contributed by atoms with Gasteiger partial charge in [-0.15, -0.1) is 0 Å². The first-order valence-electron chi connectivity index (χ1n) is 5.95. The molecule has 0 fully saturated rings. The highest BCUT2D eigenvalue weighted by atomic mass is 16.3. The van der Waals surface area contributed by atoms with E-state index >= 15 is 0 Å². The minimum absolute atomic E-state index is 0.203. The minimum Gasteiger partial charge on any atom is -0.392 e. The average molecular weight is 212 g/mol. The van der Waals surface area contributed by atoms with Gasteiger partial charge in [0.25, 0.3) is 0 Å². The molecule has 0 spiro atoms. The molecule has 0 saturated heterocycles. The normalized spacial score (nSPS) is 18.8.